The highest BCUT2D eigenvalue weighted by Gasteiger charge is 2.24. The van der Waals surface area contributed by atoms with E-state index >= 15 is 0 Å². The van der Waals surface area contributed by atoms with E-state index in [4.69, 9.17) is 9.47 Å². The van der Waals surface area contributed by atoms with E-state index in [1.165, 1.54) is 0 Å². The number of ether oxygens (including phenoxy) is 2. The Balaban J connectivity index is 1.69. The third-order valence-corrected chi connectivity index (χ3v) is 5.36. The van der Waals surface area contributed by atoms with Crippen molar-refractivity contribution in [1.82, 2.24) is 14.9 Å². The largest absolute Gasteiger partial charge is 0.497 e. The van der Waals surface area contributed by atoms with Gasteiger partial charge in [0.2, 0.25) is 5.91 Å². The first-order valence-electron chi connectivity index (χ1n) is 9.92. The lowest BCUT2D eigenvalue weighted by Crippen LogP contribution is -2.31. The van der Waals surface area contributed by atoms with E-state index in [2.05, 4.69) is 15.6 Å². The van der Waals surface area contributed by atoms with Gasteiger partial charge in [0.05, 0.1) is 14.2 Å². The molecule has 2 aromatic carbocycles. The number of rotatable bonds is 6. The summed E-state index contributed by atoms with van der Waals surface area (Å²) in [6, 6.07) is 10.3. The summed E-state index contributed by atoms with van der Waals surface area (Å²) in [7, 11) is 5.04. The van der Waals surface area contributed by atoms with Crippen LogP contribution in [0.4, 0.5) is 5.69 Å². The van der Waals surface area contributed by atoms with Gasteiger partial charge in [-0.3, -0.25) is 9.59 Å². The molecule has 2 N–H and O–H groups in total. The van der Waals surface area contributed by atoms with Gasteiger partial charge in [-0.25, -0.2) is 4.98 Å². The molecule has 4 rings (SSSR count). The molecule has 2 amide bonds. The van der Waals surface area contributed by atoms with E-state index in [0.29, 0.717) is 35.7 Å². The molecule has 31 heavy (non-hydrogen) atoms. The summed E-state index contributed by atoms with van der Waals surface area (Å²) >= 11 is 0. The molecule has 0 radical (unpaired) electrons. The van der Waals surface area contributed by atoms with Gasteiger partial charge in [-0.15, -0.1) is 0 Å². The zero-order valence-electron chi connectivity index (χ0n) is 17.6. The lowest BCUT2D eigenvalue weighted by Gasteiger charge is -2.21. The van der Waals surface area contributed by atoms with Crippen LogP contribution in [0.1, 0.15) is 39.8 Å². The number of nitrogens with zero attached hydrogens (tertiary/aromatic N) is 2. The molecule has 1 atom stereocenters. The minimum atomic E-state index is -0.521. The van der Waals surface area contributed by atoms with Crippen molar-refractivity contribution >= 4 is 17.5 Å². The zero-order valence-corrected chi connectivity index (χ0v) is 17.6. The number of imidazole rings is 1. The fraction of sp³-hybridized carbons (Fsp3) is 0.261. The number of methoxy groups -OCH3 is 2. The van der Waals surface area contributed by atoms with Crippen molar-refractivity contribution in [2.75, 3.05) is 19.5 Å². The van der Waals surface area contributed by atoms with Crippen molar-refractivity contribution in [2.45, 2.75) is 18.9 Å². The van der Waals surface area contributed by atoms with Crippen LogP contribution in [0.15, 0.2) is 48.8 Å². The fourth-order valence-corrected chi connectivity index (χ4v) is 3.69. The highest BCUT2D eigenvalue weighted by molar-refractivity contribution is 5.98. The van der Waals surface area contributed by atoms with Crippen molar-refractivity contribution in [3.63, 3.8) is 0 Å². The van der Waals surface area contributed by atoms with Gasteiger partial charge in [0.15, 0.2) is 0 Å². The van der Waals surface area contributed by atoms with E-state index in [-0.39, 0.29) is 11.8 Å². The molecule has 0 spiro atoms. The second-order valence-electron chi connectivity index (χ2n) is 7.37. The molecule has 1 aliphatic heterocycles. The SMILES string of the molecule is COc1cc(OC)cc(C(NC(=O)c2ccc3c(c2)CCC(=O)N3)c2nccn2C)c1. The van der Waals surface area contributed by atoms with Gasteiger partial charge in [0.1, 0.15) is 23.4 Å². The van der Waals surface area contributed by atoms with E-state index in [0.717, 1.165) is 16.8 Å². The number of anilines is 1. The zero-order chi connectivity index (χ0) is 22.0. The quantitative estimate of drug-likeness (QED) is 0.640. The summed E-state index contributed by atoms with van der Waals surface area (Å²) in [6.07, 6.45) is 4.54. The van der Waals surface area contributed by atoms with Gasteiger partial charge in [0, 0.05) is 43.2 Å². The number of carbonyl (C=O) groups is 2. The molecule has 0 fully saturated rings. The summed E-state index contributed by atoms with van der Waals surface area (Å²) in [5, 5.41) is 5.93. The van der Waals surface area contributed by atoms with Crippen LogP contribution in [0.3, 0.4) is 0 Å². The minimum Gasteiger partial charge on any atom is -0.497 e. The molecule has 0 saturated heterocycles. The van der Waals surface area contributed by atoms with Crippen LogP contribution in [0.2, 0.25) is 0 Å². The standard InChI is InChI=1S/C23H24N4O4/c1-27-9-8-24-22(27)21(16-11-17(30-2)13-18(12-16)31-3)26-23(29)15-4-6-19-14(10-15)5-7-20(28)25-19/h4,6,8-13,21H,5,7H2,1-3H3,(H,25,28)(H,26,29). The number of hydrogen-bond acceptors (Lipinski definition) is 5. The van der Waals surface area contributed by atoms with Gasteiger partial charge in [-0.1, -0.05) is 0 Å². The third-order valence-electron chi connectivity index (χ3n) is 5.36. The highest BCUT2D eigenvalue weighted by Crippen LogP contribution is 2.30. The topological polar surface area (TPSA) is 94.5 Å². The fourth-order valence-electron chi connectivity index (χ4n) is 3.69. The molecule has 1 aliphatic rings. The molecule has 0 aliphatic carbocycles. The van der Waals surface area contributed by atoms with Crippen LogP contribution in [-0.2, 0) is 18.3 Å². The second kappa shape index (κ2) is 8.51. The normalized spacial score (nSPS) is 13.7. The predicted molar refractivity (Wildman–Crippen MR) is 115 cm³/mol. The average molecular weight is 420 g/mol. The monoisotopic (exact) mass is 420 g/mol. The van der Waals surface area contributed by atoms with Crippen molar-refractivity contribution < 1.29 is 19.1 Å². The summed E-state index contributed by atoms with van der Waals surface area (Å²) in [4.78, 5) is 29.2. The lowest BCUT2D eigenvalue weighted by molar-refractivity contribution is -0.116. The van der Waals surface area contributed by atoms with E-state index in [1.807, 2.05) is 36.0 Å². The molecule has 2 heterocycles. The van der Waals surface area contributed by atoms with Crippen LogP contribution in [-0.4, -0.2) is 35.6 Å². The van der Waals surface area contributed by atoms with E-state index < -0.39 is 6.04 Å². The maximum absolute atomic E-state index is 13.2. The molecule has 160 valence electrons. The van der Waals surface area contributed by atoms with Gasteiger partial charge in [0.25, 0.3) is 5.91 Å². The Kier molecular flexibility index (Phi) is 5.62. The Morgan fingerprint density at radius 2 is 1.87 bits per heavy atom. The Morgan fingerprint density at radius 3 is 2.52 bits per heavy atom. The molecule has 8 nitrogen and oxygen atoms in total. The number of nitrogens with one attached hydrogen (secondary N) is 2. The summed E-state index contributed by atoms with van der Waals surface area (Å²) in [6.45, 7) is 0. The highest BCUT2D eigenvalue weighted by atomic mass is 16.5. The van der Waals surface area contributed by atoms with Gasteiger partial charge < -0.3 is 24.7 Å². The smallest absolute Gasteiger partial charge is 0.252 e. The van der Waals surface area contributed by atoms with Gasteiger partial charge in [-0.05, 0) is 47.9 Å². The van der Waals surface area contributed by atoms with Crippen LogP contribution in [0, 0.1) is 0 Å². The first kappa shape index (κ1) is 20.5. The molecule has 0 saturated carbocycles. The number of aryl methyl sites for hydroxylation is 2. The van der Waals surface area contributed by atoms with E-state index in [9.17, 15) is 9.59 Å². The predicted octanol–water partition coefficient (Wildman–Crippen LogP) is 2.84. The minimum absolute atomic E-state index is 0.00785. The summed E-state index contributed by atoms with van der Waals surface area (Å²) in [5.74, 6) is 1.66. The third kappa shape index (κ3) is 4.23. The van der Waals surface area contributed by atoms with Crippen molar-refractivity contribution in [2.24, 2.45) is 7.05 Å². The number of aromatic nitrogens is 2. The van der Waals surface area contributed by atoms with Crippen molar-refractivity contribution in [1.29, 1.82) is 0 Å². The van der Waals surface area contributed by atoms with Crippen molar-refractivity contribution in [3.05, 3.63) is 71.3 Å². The molecule has 1 unspecified atom stereocenters. The van der Waals surface area contributed by atoms with Crippen molar-refractivity contribution in [3.8, 4) is 11.5 Å². The number of fused-ring (bicyclic) bond motifs is 1. The number of amides is 2. The van der Waals surface area contributed by atoms with E-state index in [1.54, 1.807) is 38.6 Å². The first-order chi connectivity index (χ1) is 15.0. The number of hydrogen-bond donors (Lipinski definition) is 2. The Hall–Kier alpha value is -3.81. The molecule has 3 aromatic rings. The second-order valence-corrected chi connectivity index (χ2v) is 7.37. The Bertz CT molecular complexity index is 1120. The summed E-state index contributed by atoms with van der Waals surface area (Å²) < 4.78 is 12.7. The molecule has 1 aromatic heterocycles. The maximum Gasteiger partial charge on any atom is 0.252 e. The van der Waals surface area contributed by atoms with Crippen LogP contribution < -0.4 is 20.1 Å². The molecule has 8 heteroatoms. The lowest BCUT2D eigenvalue weighted by atomic mass is 9.99. The molecule has 0 bridgehead atoms. The molecular weight excluding hydrogens is 396 g/mol. The van der Waals surface area contributed by atoms with Crippen LogP contribution in [0.25, 0.3) is 0 Å². The maximum atomic E-state index is 13.2. The van der Waals surface area contributed by atoms with Gasteiger partial charge in [-0.2, -0.15) is 0 Å². The Labute approximate surface area is 180 Å². The van der Waals surface area contributed by atoms with Crippen LogP contribution >= 0.6 is 0 Å². The van der Waals surface area contributed by atoms with Gasteiger partial charge >= 0.3 is 0 Å². The molecular formula is C23H24N4O4. The first-order valence-corrected chi connectivity index (χ1v) is 9.92. The number of carbonyl (C=O) groups excluding carboxylic acids is 2. The Morgan fingerprint density at radius 1 is 1.13 bits per heavy atom. The average Bonchev–Trinajstić information content (AvgIpc) is 3.21. The van der Waals surface area contributed by atoms with Crippen LogP contribution in [0.5, 0.6) is 11.5 Å². The summed E-state index contributed by atoms with van der Waals surface area (Å²) in [5.41, 5.74) is 3.00. The number of benzene rings is 2.